The SMILES string of the molecule is CCCC(=O)CCCc1cccs1. The van der Waals surface area contributed by atoms with Gasteiger partial charge in [-0.05, 0) is 30.7 Å². The Balaban J connectivity index is 2.11. The lowest BCUT2D eigenvalue weighted by Gasteiger charge is -1.97. The topological polar surface area (TPSA) is 17.1 Å². The molecule has 0 unspecified atom stereocenters. The van der Waals surface area contributed by atoms with Crippen LogP contribution < -0.4 is 0 Å². The van der Waals surface area contributed by atoms with Gasteiger partial charge in [0.25, 0.3) is 0 Å². The number of ketones is 1. The number of Topliss-reactive ketones (excluding diaryl/α,β-unsaturated/α-hetero) is 1. The van der Waals surface area contributed by atoms with Gasteiger partial charge in [0.1, 0.15) is 5.78 Å². The first-order valence-electron chi connectivity index (χ1n) is 4.87. The maximum atomic E-state index is 11.2. The van der Waals surface area contributed by atoms with Crippen LogP contribution in [0.15, 0.2) is 17.5 Å². The number of thiophene rings is 1. The van der Waals surface area contributed by atoms with E-state index < -0.39 is 0 Å². The molecular weight excluding hydrogens is 180 g/mol. The van der Waals surface area contributed by atoms with Gasteiger partial charge in [0.2, 0.25) is 0 Å². The van der Waals surface area contributed by atoms with Crippen LogP contribution in [-0.2, 0) is 11.2 Å². The van der Waals surface area contributed by atoms with Crippen molar-refractivity contribution in [2.75, 3.05) is 0 Å². The number of aryl methyl sites for hydroxylation is 1. The summed E-state index contributed by atoms with van der Waals surface area (Å²) >= 11 is 1.78. The first-order valence-corrected chi connectivity index (χ1v) is 5.75. The Morgan fingerprint density at radius 2 is 2.31 bits per heavy atom. The molecule has 1 nitrogen and oxygen atoms in total. The van der Waals surface area contributed by atoms with Crippen molar-refractivity contribution < 1.29 is 4.79 Å². The molecule has 0 aliphatic heterocycles. The molecule has 2 heteroatoms. The van der Waals surface area contributed by atoms with E-state index in [2.05, 4.69) is 24.4 Å². The van der Waals surface area contributed by atoms with Crippen molar-refractivity contribution in [2.45, 2.75) is 39.0 Å². The van der Waals surface area contributed by atoms with Crippen LogP contribution in [0.3, 0.4) is 0 Å². The number of carbonyl (C=O) groups excluding carboxylic acids is 1. The van der Waals surface area contributed by atoms with Gasteiger partial charge >= 0.3 is 0 Å². The Morgan fingerprint density at radius 3 is 2.92 bits per heavy atom. The summed E-state index contributed by atoms with van der Waals surface area (Å²) in [6.45, 7) is 2.05. The van der Waals surface area contributed by atoms with Gasteiger partial charge in [0.05, 0.1) is 0 Å². The summed E-state index contributed by atoms with van der Waals surface area (Å²) in [5.74, 6) is 0.416. The van der Waals surface area contributed by atoms with E-state index in [0.717, 1.165) is 32.1 Å². The highest BCUT2D eigenvalue weighted by Crippen LogP contribution is 2.12. The van der Waals surface area contributed by atoms with Gasteiger partial charge in [-0.25, -0.2) is 0 Å². The fraction of sp³-hybridized carbons (Fsp3) is 0.545. The molecule has 0 N–H and O–H groups in total. The Kier molecular flexibility index (Phi) is 4.76. The van der Waals surface area contributed by atoms with Crippen LogP contribution in [0, 0.1) is 0 Å². The highest BCUT2D eigenvalue weighted by atomic mass is 32.1. The molecule has 0 spiro atoms. The molecule has 1 aromatic heterocycles. The Hall–Kier alpha value is -0.630. The van der Waals surface area contributed by atoms with E-state index in [1.165, 1.54) is 4.88 Å². The van der Waals surface area contributed by atoms with Crippen molar-refractivity contribution in [2.24, 2.45) is 0 Å². The monoisotopic (exact) mass is 196 g/mol. The van der Waals surface area contributed by atoms with Crippen LogP contribution in [0.25, 0.3) is 0 Å². The fourth-order valence-electron chi connectivity index (χ4n) is 1.32. The molecule has 0 fully saturated rings. The van der Waals surface area contributed by atoms with Crippen LogP contribution in [0.1, 0.15) is 37.5 Å². The van der Waals surface area contributed by atoms with Crippen LogP contribution in [0.4, 0.5) is 0 Å². The highest BCUT2D eigenvalue weighted by molar-refractivity contribution is 7.09. The molecule has 0 bridgehead atoms. The number of hydrogen-bond acceptors (Lipinski definition) is 2. The minimum atomic E-state index is 0.416. The summed E-state index contributed by atoms with van der Waals surface area (Å²) in [5.41, 5.74) is 0. The molecule has 1 heterocycles. The lowest BCUT2D eigenvalue weighted by molar-refractivity contribution is -0.119. The highest BCUT2D eigenvalue weighted by Gasteiger charge is 2.00. The second-order valence-corrected chi connectivity index (χ2v) is 4.25. The van der Waals surface area contributed by atoms with Gasteiger partial charge in [0.15, 0.2) is 0 Å². The number of carbonyl (C=O) groups is 1. The average Bonchev–Trinajstić information content (AvgIpc) is 2.57. The fourth-order valence-corrected chi connectivity index (χ4v) is 2.07. The van der Waals surface area contributed by atoms with Crippen LogP contribution in [0.2, 0.25) is 0 Å². The third kappa shape index (κ3) is 4.23. The van der Waals surface area contributed by atoms with Gasteiger partial charge < -0.3 is 0 Å². The van der Waals surface area contributed by atoms with E-state index in [-0.39, 0.29) is 0 Å². The molecule has 0 amide bonds. The summed E-state index contributed by atoms with van der Waals surface area (Å²) < 4.78 is 0. The Morgan fingerprint density at radius 1 is 1.46 bits per heavy atom. The van der Waals surface area contributed by atoms with E-state index in [9.17, 15) is 4.79 Å². The summed E-state index contributed by atoms with van der Waals surface area (Å²) in [6.07, 6.45) is 4.57. The number of rotatable bonds is 6. The van der Waals surface area contributed by atoms with E-state index in [1.807, 2.05) is 0 Å². The second kappa shape index (κ2) is 5.92. The zero-order valence-corrected chi connectivity index (χ0v) is 8.90. The molecule has 0 aliphatic rings. The first-order chi connectivity index (χ1) is 6.33. The molecule has 0 aromatic carbocycles. The zero-order chi connectivity index (χ0) is 9.52. The molecule has 0 radical (unpaired) electrons. The lowest BCUT2D eigenvalue weighted by atomic mass is 10.1. The van der Waals surface area contributed by atoms with E-state index in [1.54, 1.807) is 11.3 Å². The molecule has 1 aromatic rings. The third-order valence-electron chi connectivity index (χ3n) is 1.99. The number of hydrogen-bond donors (Lipinski definition) is 0. The molecule has 0 saturated carbocycles. The second-order valence-electron chi connectivity index (χ2n) is 3.22. The molecule has 0 aliphatic carbocycles. The molecule has 0 atom stereocenters. The molecule has 1 rings (SSSR count). The van der Waals surface area contributed by atoms with E-state index in [4.69, 9.17) is 0 Å². The quantitative estimate of drug-likeness (QED) is 0.681. The van der Waals surface area contributed by atoms with E-state index >= 15 is 0 Å². The van der Waals surface area contributed by atoms with E-state index in [0.29, 0.717) is 5.78 Å². The molecular formula is C11H16OS. The van der Waals surface area contributed by atoms with Gasteiger partial charge in [-0.15, -0.1) is 11.3 Å². The van der Waals surface area contributed by atoms with Gasteiger partial charge in [0, 0.05) is 17.7 Å². The molecule has 13 heavy (non-hydrogen) atoms. The average molecular weight is 196 g/mol. The summed E-state index contributed by atoms with van der Waals surface area (Å²) in [6, 6.07) is 4.20. The standard InChI is InChI=1S/C11H16OS/c1-2-5-10(12)6-3-7-11-8-4-9-13-11/h4,8-9H,2-3,5-7H2,1H3. The van der Waals surface area contributed by atoms with Crippen molar-refractivity contribution in [3.8, 4) is 0 Å². The minimum Gasteiger partial charge on any atom is -0.300 e. The van der Waals surface area contributed by atoms with Crippen molar-refractivity contribution in [1.82, 2.24) is 0 Å². The maximum Gasteiger partial charge on any atom is 0.132 e. The van der Waals surface area contributed by atoms with Gasteiger partial charge in [-0.2, -0.15) is 0 Å². The molecule has 72 valence electrons. The predicted octanol–water partition coefficient (Wildman–Crippen LogP) is 3.44. The summed E-state index contributed by atoms with van der Waals surface area (Å²) in [5, 5.41) is 2.09. The predicted molar refractivity (Wildman–Crippen MR) is 57.2 cm³/mol. The van der Waals surface area contributed by atoms with Crippen molar-refractivity contribution in [3.05, 3.63) is 22.4 Å². The maximum absolute atomic E-state index is 11.2. The van der Waals surface area contributed by atoms with Crippen molar-refractivity contribution in [1.29, 1.82) is 0 Å². The van der Waals surface area contributed by atoms with Crippen LogP contribution in [-0.4, -0.2) is 5.78 Å². The van der Waals surface area contributed by atoms with Gasteiger partial charge in [-0.3, -0.25) is 4.79 Å². The Bertz CT molecular complexity index is 239. The third-order valence-corrected chi connectivity index (χ3v) is 2.92. The van der Waals surface area contributed by atoms with Crippen LogP contribution >= 0.6 is 11.3 Å². The smallest absolute Gasteiger partial charge is 0.132 e. The summed E-state index contributed by atoms with van der Waals surface area (Å²) in [7, 11) is 0. The minimum absolute atomic E-state index is 0.416. The van der Waals surface area contributed by atoms with Crippen LogP contribution in [0.5, 0.6) is 0 Å². The first kappa shape index (κ1) is 10.5. The normalized spacial score (nSPS) is 10.2. The summed E-state index contributed by atoms with van der Waals surface area (Å²) in [4.78, 5) is 12.6. The van der Waals surface area contributed by atoms with Gasteiger partial charge in [-0.1, -0.05) is 13.0 Å². The zero-order valence-electron chi connectivity index (χ0n) is 8.08. The Labute approximate surface area is 83.8 Å². The largest absolute Gasteiger partial charge is 0.300 e. The van der Waals surface area contributed by atoms with Crippen molar-refractivity contribution >= 4 is 17.1 Å². The van der Waals surface area contributed by atoms with Crippen molar-refractivity contribution in [3.63, 3.8) is 0 Å². The molecule has 0 saturated heterocycles. The lowest BCUT2D eigenvalue weighted by Crippen LogP contribution is -1.97.